The van der Waals surface area contributed by atoms with Gasteiger partial charge in [-0.2, -0.15) is 18.3 Å². The van der Waals surface area contributed by atoms with Gasteiger partial charge in [-0.15, -0.1) is 11.3 Å². The molecule has 0 unspecified atom stereocenters. The maximum Gasteiger partial charge on any atom is 0.490 e. The summed E-state index contributed by atoms with van der Waals surface area (Å²) in [6.07, 6.45) is -1.88. The van der Waals surface area contributed by atoms with E-state index in [1.54, 1.807) is 17.5 Å². The number of alkyl halides is 4. The molecule has 3 rings (SSSR count). The number of nitrogens with one attached hydrogen (secondary N) is 2. The van der Waals surface area contributed by atoms with Crippen molar-refractivity contribution in [3.63, 3.8) is 0 Å². The van der Waals surface area contributed by atoms with Crippen molar-refractivity contribution in [2.75, 3.05) is 6.54 Å². The Morgan fingerprint density at radius 1 is 1.30 bits per heavy atom. The van der Waals surface area contributed by atoms with Crippen molar-refractivity contribution in [3.8, 4) is 10.6 Å². The molecule has 0 saturated heterocycles. The number of aliphatic carboxylic acids is 2. The molecule has 1 saturated carbocycles. The molecule has 30 heavy (non-hydrogen) atoms. The van der Waals surface area contributed by atoms with Gasteiger partial charge in [0.1, 0.15) is 5.67 Å². The quantitative estimate of drug-likeness (QED) is 0.496. The number of hydrogen-bond donors (Lipinski definition) is 4. The van der Waals surface area contributed by atoms with Crippen LogP contribution in [0.3, 0.4) is 0 Å². The van der Waals surface area contributed by atoms with Crippen LogP contribution in [0.5, 0.6) is 0 Å². The van der Waals surface area contributed by atoms with Crippen LogP contribution < -0.4 is 5.32 Å². The number of thiophene rings is 1. The van der Waals surface area contributed by atoms with Gasteiger partial charge in [-0.3, -0.25) is 9.89 Å². The van der Waals surface area contributed by atoms with Crippen molar-refractivity contribution >= 4 is 23.3 Å². The first-order valence-electron chi connectivity index (χ1n) is 9.00. The van der Waals surface area contributed by atoms with Crippen molar-refractivity contribution < 1.29 is 37.4 Å². The Hall–Kier alpha value is -2.47. The molecule has 0 radical (unpaired) electrons. The van der Waals surface area contributed by atoms with Gasteiger partial charge in [-0.1, -0.05) is 6.07 Å². The van der Waals surface area contributed by atoms with E-state index in [9.17, 15) is 22.4 Å². The van der Waals surface area contributed by atoms with Crippen molar-refractivity contribution in [3.05, 3.63) is 29.3 Å². The Bertz CT molecular complexity index is 831. The van der Waals surface area contributed by atoms with Crippen LogP contribution in [0, 0.1) is 5.92 Å². The van der Waals surface area contributed by atoms with Gasteiger partial charge < -0.3 is 15.5 Å². The number of carboxylic acids is 2. The van der Waals surface area contributed by atoms with E-state index in [0.717, 1.165) is 16.1 Å². The standard InChI is InChI=1S/C16H20FN3O2S.C2HF3O2/c17-16(5-3-11(4-6-16)15(21)22)10-18-8-12-9-19-20-14(12)13-2-1-7-23-13;3-2(4,5)1(6)7/h1-2,7,9,11,18H,3-6,8,10H2,(H,19,20)(H,21,22);(H,6,7). The number of rotatable bonds is 6. The minimum absolute atomic E-state index is 0.244. The summed E-state index contributed by atoms with van der Waals surface area (Å²) in [6.45, 7) is 0.784. The predicted molar refractivity (Wildman–Crippen MR) is 101 cm³/mol. The minimum Gasteiger partial charge on any atom is -0.481 e. The van der Waals surface area contributed by atoms with Gasteiger partial charge in [-0.25, -0.2) is 9.18 Å². The molecule has 0 aliphatic heterocycles. The maximum atomic E-state index is 14.7. The average molecular weight is 451 g/mol. The van der Waals surface area contributed by atoms with Crippen molar-refractivity contribution in [1.82, 2.24) is 15.5 Å². The smallest absolute Gasteiger partial charge is 0.481 e. The van der Waals surface area contributed by atoms with E-state index in [2.05, 4.69) is 15.5 Å². The monoisotopic (exact) mass is 451 g/mol. The summed E-state index contributed by atoms with van der Waals surface area (Å²) in [6, 6.07) is 4.00. The van der Waals surface area contributed by atoms with Crippen LogP contribution in [0.2, 0.25) is 0 Å². The largest absolute Gasteiger partial charge is 0.490 e. The summed E-state index contributed by atoms with van der Waals surface area (Å²) in [4.78, 5) is 20.9. The number of nitrogens with zero attached hydrogens (tertiary/aromatic N) is 1. The van der Waals surface area contributed by atoms with Crippen LogP contribution >= 0.6 is 11.3 Å². The zero-order valence-corrected chi connectivity index (χ0v) is 16.5. The van der Waals surface area contributed by atoms with Gasteiger partial charge >= 0.3 is 18.1 Å². The van der Waals surface area contributed by atoms with E-state index in [4.69, 9.17) is 15.0 Å². The summed E-state index contributed by atoms with van der Waals surface area (Å²) in [5.41, 5.74) is 0.670. The number of carbonyl (C=O) groups is 2. The van der Waals surface area contributed by atoms with E-state index in [1.165, 1.54) is 0 Å². The van der Waals surface area contributed by atoms with Crippen LogP contribution in [0.15, 0.2) is 23.7 Å². The number of aromatic amines is 1. The Morgan fingerprint density at radius 2 is 1.93 bits per heavy atom. The first-order chi connectivity index (χ1) is 14.0. The second-order valence-corrected chi connectivity index (χ2v) is 7.87. The predicted octanol–water partition coefficient (Wildman–Crippen LogP) is 3.84. The average Bonchev–Trinajstić information content (AvgIpc) is 3.33. The van der Waals surface area contributed by atoms with Crippen LogP contribution in [0.25, 0.3) is 10.6 Å². The van der Waals surface area contributed by atoms with E-state index < -0.39 is 29.7 Å². The number of halogens is 4. The highest BCUT2D eigenvalue weighted by molar-refractivity contribution is 7.13. The Kier molecular flexibility index (Phi) is 7.96. The molecule has 166 valence electrons. The molecule has 1 aliphatic rings. The highest BCUT2D eigenvalue weighted by Crippen LogP contribution is 2.35. The molecule has 0 amide bonds. The fourth-order valence-corrected chi connectivity index (χ4v) is 3.81. The number of aromatic nitrogens is 2. The van der Waals surface area contributed by atoms with Gasteiger partial charge in [0.2, 0.25) is 0 Å². The highest BCUT2D eigenvalue weighted by atomic mass is 32.1. The fourth-order valence-electron chi connectivity index (χ4n) is 3.06. The zero-order chi connectivity index (χ0) is 22.4. The Morgan fingerprint density at radius 3 is 2.43 bits per heavy atom. The summed E-state index contributed by atoms with van der Waals surface area (Å²) in [7, 11) is 0. The summed E-state index contributed by atoms with van der Waals surface area (Å²) in [5, 5.41) is 28.3. The molecule has 0 bridgehead atoms. The van der Waals surface area contributed by atoms with Crippen molar-refractivity contribution in [2.45, 2.75) is 44.1 Å². The number of hydrogen-bond acceptors (Lipinski definition) is 5. The molecule has 7 nitrogen and oxygen atoms in total. The summed E-state index contributed by atoms with van der Waals surface area (Å²) < 4.78 is 46.5. The van der Waals surface area contributed by atoms with Crippen LogP contribution in [-0.2, 0) is 16.1 Å². The molecule has 2 heterocycles. The number of carboxylic acid groups (broad SMARTS) is 2. The number of H-pyrrole nitrogens is 1. The summed E-state index contributed by atoms with van der Waals surface area (Å²) >= 11 is 1.63. The molecular weight excluding hydrogens is 430 g/mol. The van der Waals surface area contributed by atoms with Gasteiger partial charge in [-0.05, 0) is 37.1 Å². The SMILES string of the molecule is O=C(O)C(F)(F)F.O=C(O)C1CCC(F)(CNCc2cn[nH]c2-c2cccs2)CC1. The topological polar surface area (TPSA) is 115 Å². The molecule has 1 fully saturated rings. The van der Waals surface area contributed by atoms with E-state index in [1.807, 2.05) is 17.5 Å². The maximum absolute atomic E-state index is 14.7. The lowest BCUT2D eigenvalue weighted by Crippen LogP contribution is -2.40. The highest BCUT2D eigenvalue weighted by Gasteiger charge is 2.38. The van der Waals surface area contributed by atoms with Crippen LogP contribution in [0.4, 0.5) is 17.6 Å². The fraction of sp³-hybridized carbons (Fsp3) is 0.500. The van der Waals surface area contributed by atoms with E-state index in [0.29, 0.717) is 32.2 Å². The van der Waals surface area contributed by atoms with Gasteiger partial charge in [0, 0.05) is 18.7 Å². The molecule has 0 atom stereocenters. The molecular formula is C18H21F4N3O4S. The lowest BCUT2D eigenvalue weighted by Gasteiger charge is -2.32. The van der Waals surface area contributed by atoms with Crippen molar-refractivity contribution in [2.24, 2.45) is 5.92 Å². The Labute approximate surface area is 173 Å². The molecule has 2 aromatic heterocycles. The van der Waals surface area contributed by atoms with Gasteiger partial charge in [0.05, 0.1) is 22.7 Å². The second-order valence-electron chi connectivity index (χ2n) is 6.92. The normalized spacial score (nSPS) is 21.5. The molecule has 2 aromatic rings. The summed E-state index contributed by atoms with van der Waals surface area (Å²) in [5.74, 6) is -3.95. The van der Waals surface area contributed by atoms with E-state index >= 15 is 0 Å². The second kappa shape index (κ2) is 10.0. The van der Waals surface area contributed by atoms with Gasteiger partial charge in [0.15, 0.2) is 0 Å². The zero-order valence-electron chi connectivity index (χ0n) is 15.7. The Balaban J connectivity index is 0.000000396. The van der Waals surface area contributed by atoms with Gasteiger partial charge in [0.25, 0.3) is 0 Å². The first kappa shape index (κ1) is 23.8. The third-order valence-corrected chi connectivity index (χ3v) is 5.60. The molecule has 12 heteroatoms. The molecule has 0 aromatic carbocycles. The minimum atomic E-state index is -5.08. The lowest BCUT2D eigenvalue weighted by atomic mass is 9.80. The van der Waals surface area contributed by atoms with Crippen LogP contribution in [-0.4, -0.2) is 50.7 Å². The molecule has 1 aliphatic carbocycles. The van der Waals surface area contributed by atoms with Crippen LogP contribution in [0.1, 0.15) is 31.2 Å². The van der Waals surface area contributed by atoms with Crippen molar-refractivity contribution in [1.29, 1.82) is 0 Å². The molecule has 4 N–H and O–H groups in total. The lowest BCUT2D eigenvalue weighted by molar-refractivity contribution is -0.192. The van der Waals surface area contributed by atoms with E-state index in [-0.39, 0.29) is 6.54 Å². The third kappa shape index (κ3) is 6.80. The first-order valence-corrected chi connectivity index (χ1v) is 9.88. The molecule has 0 spiro atoms. The third-order valence-electron chi connectivity index (χ3n) is 4.72.